The van der Waals surface area contributed by atoms with Crippen molar-refractivity contribution in [2.45, 2.75) is 78.6 Å². The Labute approximate surface area is 315 Å². The maximum atomic E-state index is 13.0. The molecule has 3 aromatic rings. The zero-order valence-corrected chi connectivity index (χ0v) is 31.9. The fraction of sp³-hybridized carbons (Fsp3) is 0.474. The molecule has 2 amide bonds. The van der Waals surface area contributed by atoms with E-state index in [4.69, 9.17) is 44.1 Å². The molecule has 0 radical (unpaired) electrons. The maximum Gasteiger partial charge on any atom is 0.253 e. The summed E-state index contributed by atoms with van der Waals surface area (Å²) in [5.41, 5.74) is 14.3. The summed E-state index contributed by atoms with van der Waals surface area (Å²) in [4.78, 5) is 58.7. The molecular formula is C38H50Cl2N6O6. The Kier molecular flexibility index (Phi) is 17.1. The number of halogens is 2. The maximum absolute atomic E-state index is 13.0. The van der Waals surface area contributed by atoms with Crippen LogP contribution < -0.4 is 31.6 Å². The van der Waals surface area contributed by atoms with Gasteiger partial charge in [-0.1, -0.05) is 62.4 Å². The van der Waals surface area contributed by atoms with E-state index in [0.29, 0.717) is 48.1 Å². The standard InChI is InChI=1S/C38H50Cl2N6O6/c1-23(2)14-26(18-30(48)21-44-37(50)31-19-28(39)11-12-32(31)40)36(49)43-13-9-7-5-6-8-10-29(47)22-52-34-24(3)15-25(17-33(34)51-4)16-27-20-45-38(42)46-35(27)41/h11-12,15,17,19-20,23,26H,5-10,13-14,16,18,21-22H2,1-4H3,(H,43,49)(H,44,50)(H4,41,42,45,46)/t26-/m1/s1. The number of aryl methyl sites for hydroxylation is 1. The summed E-state index contributed by atoms with van der Waals surface area (Å²) in [6.07, 6.45) is 7.30. The zero-order valence-electron chi connectivity index (χ0n) is 30.4. The van der Waals surface area contributed by atoms with Crippen molar-refractivity contribution in [3.05, 3.63) is 68.8 Å². The van der Waals surface area contributed by atoms with E-state index in [9.17, 15) is 19.2 Å². The van der Waals surface area contributed by atoms with Crippen molar-refractivity contribution in [2.75, 3.05) is 38.3 Å². The summed E-state index contributed by atoms with van der Waals surface area (Å²) >= 11 is 12.0. The van der Waals surface area contributed by atoms with Crippen LogP contribution in [0.1, 0.15) is 92.3 Å². The number of benzene rings is 2. The van der Waals surface area contributed by atoms with Gasteiger partial charge in [-0.25, -0.2) is 4.98 Å². The fourth-order valence-corrected chi connectivity index (χ4v) is 6.12. The lowest BCUT2D eigenvalue weighted by Gasteiger charge is -2.18. The normalized spacial score (nSPS) is 11.6. The number of ether oxygens (including phenoxy) is 2. The van der Waals surface area contributed by atoms with Crippen molar-refractivity contribution in [2.24, 2.45) is 11.8 Å². The number of methoxy groups -OCH3 is 1. The van der Waals surface area contributed by atoms with Gasteiger partial charge in [0, 0.05) is 48.5 Å². The number of amides is 2. The number of rotatable bonds is 22. The molecule has 0 fully saturated rings. The molecule has 0 spiro atoms. The predicted molar refractivity (Wildman–Crippen MR) is 204 cm³/mol. The molecule has 0 aliphatic carbocycles. The van der Waals surface area contributed by atoms with Gasteiger partial charge in [0.1, 0.15) is 12.4 Å². The van der Waals surface area contributed by atoms with Crippen molar-refractivity contribution in [3.8, 4) is 11.5 Å². The predicted octanol–water partition coefficient (Wildman–Crippen LogP) is 6.31. The summed E-state index contributed by atoms with van der Waals surface area (Å²) in [5, 5.41) is 6.13. The van der Waals surface area contributed by atoms with Crippen LogP contribution in [0.5, 0.6) is 11.5 Å². The summed E-state index contributed by atoms with van der Waals surface area (Å²) in [5.74, 6) is 0.299. The zero-order chi connectivity index (χ0) is 38.2. The summed E-state index contributed by atoms with van der Waals surface area (Å²) in [6, 6.07) is 8.32. The van der Waals surface area contributed by atoms with Gasteiger partial charge in [-0.2, -0.15) is 4.98 Å². The monoisotopic (exact) mass is 756 g/mol. The van der Waals surface area contributed by atoms with Crippen molar-refractivity contribution in [3.63, 3.8) is 0 Å². The van der Waals surface area contributed by atoms with Gasteiger partial charge in [-0.15, -0.1) is 0 Å². The number of aromatic nitrogens is 2. The molecule has 12 nitrogen and oxygen atoms in total. The summed E-state index contributed by atoms with van der Waals surface area (Å²) in [7, 11) is 1.55. The van der Waals surface area contributed by atoms with Crippen LogP contribution in [-0.4, -0.2) is 60.2 Å². The van der Waals surface area contributed by atoms with Crippen LogP contribution in [0.2, 0.25) is 10.0 Å². The molecule has 2 aromatic carbocycles. The molecule has 1 heterocycles. The van der Waals surface area contributed by atoms with Gasteiger partial charge in [0.2, 0.25) is 11.9 Å². The molecule has 52 heavy (non-hydrogen) atoms. The Balaban J connectivity index is 1.33. The second kappa shape index (κ2) is 21.2. The highest BCUT2D eigenvalue weighted by atomic mass is 35.5. The third-order valence-corrected chi connectivity index (χ3v) is 8.93. The molecule has 0 bridgehead atoms. The Bertz CT molecular complexity index is 1700. The number of unbranched alkanes of at least 4 members (excludes halogenated alkanes) is 4. The SMILES string of the molecule is COc1cc(Cc2cnc(N)nc2N)cc(C)c1OCC(=O)CCCCCCCNC(=O)[C@@H](CC(=O)CNC(=O)c1cc(Cl)ccc1Cl)CC(C)C. The molecule has 0 aliphatic heterocycles. The lowest BCUT2D eigenvalue weighted by Crippen LogP contribution is -2.36. The van der Waals surface area contributed by atoms with E-state index in [0.717, 1.165) is 48.8 Å². The highest BCUT2D eigenvalue weighted by Gasteiger charge is 2.23. The quantitative estimate of drug-likeness (QED) is 0.0846. The minimum Gasteiger partial charge on any atom is -0.493 e. The molecule has 0 saturated heterocycles. The number of hydrogen-bond acceptors (Lipinski definition) is 10. The number of nitrogens with zero attached hydrogens (tertiary/aromatic N) is 2. The van der Waals surface area contributed by atoms with E-state index < -0.39 is 11.8 Å². The summed E-state index contributed by atoms with van der Waals surface area (Å²) < 4.78 is 11.4. The van der Waals surface area contributed by atoms with Gasteiger partial charge in [-0.3, -0.25) is 19.2 Å². The second-order valence-corrected chi connectivity index (χ2v) is 14.1. The first-order valence-corrected chi connectivity index (χ1v) is 18.2. The summed E-state index contributed by atoms with van der Waals surface area (Å²) in [6.45, 7) is 6.13. The minimum atomic E-state index is -0.504. The number of hydrogen-bond donors (Lipinski definition) is 4. The number of nitrogen functional groups attached to an aromatic ring is 2. The number of carbonyl (C=O) groups excluding carboxylic acids is 4. The van der Waals surface area contributed by atoms with Gasteiger partial charge in [0.15, 0.2) is 23.1 Å². The molecule has 1 aromatic heterocycles. The number of Topliss-reactive ketones (excluding diaryl/α,β-unsaturated/α-hetero) is 2. The molecule has 1 atom stereocenters. The Morgan fingerprint density at radius 1 is 0.942 bits per heavy atom. The lowest BCUT2D eigenvalue weighted by molar-refractivity contribution is -0.129. The first-order valence-electron chi connectivity index (χ1n) is 17.5. The molecule has 282 valence electrons. The van der Waals surface area contributed by atoms with Crippen molar-refractivity contribution in [1.82, 2.24) is 20.6 Å². The number of carbonyl (C=O) groups is 4. The Hall–Kier alpha value is -4.42. The third kappa shape index (κ3) is 14.0. The van der Waals surface area contributed by atoms with E-state index in [1.807, 2.05) is 32.9 Å². The van der Waals surface area contributed by atoms with E-state index >= 15 is 0 Å². The van der Waals surface area contributed by atoms with E-state index in [1.165, 1.54) is 12.1 Å². The smallest absolute Gasteiger partial charge is 0.253 e. The largest absolute Gasteiger partial charge is 0.493 e. The van der Waals surface area contributed by atoms with Crippen LogP contribution in [0, 0.1) is 18.8 Å². The average Bonchev–Trinajstić information content (AvgIpc) is 3.09. The van der Waals surface area contributed by atoms with Gasteiger partial charge in [0.05, 0.1) is 24.2 Å². The topological polar surface area (TPSA) is 189 Å². The van der Waals surface area contributed by atoms with E-state index in [2.05, 4.69) is 20.6 Å². The first-order chi connectivity index (χ1) is 24.8. The highest BCUT2D eigenvalue weighted by Crippen LogP contribution is 2.33. The molecule has 6 N–H and O–H groups in total. The lowest BCUT2D eigenvalue weighted by atomic mass is 9.91. The third-order valence-electron chi connectivity index (χ3n) is 8.36. The first kappa shape index (κ1) is 42.0. The van der Waals surface area contributed by atoms with Gasteiger partial charge < -0.3 is 31.6 Å². The molecule has 0 unspecified atom stereocenters. The number of nitrogens with one attached hydrogen (secondary N) is 2. The van der Waals surface area contributed by atoms with E-state index in [1.54, 1.807) is 19.4 Å². The molecular weight excluding hydrogens is 707 g/mol. The molecule has 3 rings (SSSR count). The molecule has 14 heteroatoms. The van der Waals surface area contributed by atoms with Crippen LogP contribution in [-0.2, 0) is 20.8 Å². The van der Waals surface area contributed by atoms with Gasteiger partial charge >= 0.3 is 0 Å². The highest BCUT2D eigenvalue weighted by molar-refractivity contribution is 6.35. The average molecular weight is 758 g/mol. The van der Waals surface area contributed by atoms with Crippen LogP contribution in [0.25, 0.3) is 0 Å². The second-order valence-electron chi connectivity index (χ2n) is 13.3. The minimum absolute atomic E-state index is 0.00292. The van der Waals surface area contributed by atoms with Crippen molar-refractivity contribution < 1.29 is 28.7 Å². The number of ketones is 2. The fourth-order valence-electron chi connectivity index (χ4n) is 5.75. The number of anilines is 2. The molecule has 0 saturated carbocycles. The van der Waals surface area contributed by atoms with Gasteiger partial charge in [0.25, 0.3) is 5.91 Å². The van der Waals surface area contributed by atoms with Crippen molar-refractivity contribution >= 4 is 58.3 Å². The Morgan fingerprint density at radius 2 is 1.67 bits per heavy atom. The molecule has 0 aliphatic rings. The van der Waals surface area contributed by atoms with Crippen LogP contribution in [0.3, 0.4) is 0 Å². The number of nitrogens with two attached hydrogens (primary N) is 2. The van der Waals surface area contributed by atoms with Crippen LogP contribution >= 0.6 is 23.2 Å². The van der Waals surface area contributed by atoms with E-state index in [-0.39, 0.29) is 59.5 Å². The van der Waals surface area contributed by atoms with Crippen LogP contribution in [0.15, 0.2) is 36.5 Å². The Morgan fingerprint density at radius 3 is 2.38 bits per heavy atom. The van der Waals surface area contributed by atoms with Crippen LogP contribution in [0.4, 0.5) is 11.8 Å². The van der Waals surface area contributed by atoms with Gasteiger partial charge in [-0.05, 0) is 67.5 Å². The van der Waals surface area contributed by atoms with Crippen molar-refractivity contribution in [1.29, 1.82) is 0 Å².